The van der Waals surface area contributed by atoms with Gasteiger partial charge in [-0.15, -0.1) is 0 Å². The lowest BCUT2D eigenvalue weighted by Gasteiger charge is -2.09. The molecule has 21 heavy (non-hydrogen) atoms. The summed E-state index contributed by atoms with van der Waals surface area (Å²) in [5.41, 5.74) is 2.97. The Hall–Kier alpha value is -1.39. The van der Waals surface area contributed by atoms with Crippen LogP contribution in [0.4, 0.5) is 4.39 Å². The van der Waals surface area contributed by atoms with Gasteiger partial charge in [-0.05, 0) is 31.0 Å². The van der Waals surface area contributed by atoms with Crippen LogP contribution >= 0.6 is 11.6 Å². The van der Waals surface area contributed by atoms with Crippen LogP contribution in [0.1, 0.15) is 30.7 Å². The Labute approximate surface area is 130 Å². The van der Waals surface area contributed by atoms with E-state index in [0.717, 1.165) is 29.9 Å². The first-order valence-electron chi connectivity index (χ1n) is 7.14. The van der Waals surface area contributed by atoms with Crippen molar-refractivity contribution in [1.82, 2.24) is 15.1 Å². The summed E-state index contributed by atoms with van der Waals surface area (Å²) in [4.78, 5) is 0. The molecule has 0 fully saturated rings. The molecule has 0 aliphatic heterocycles. The average molecular weight is 310 g/mol. The number of nitrogens with one attached hydrogen (secondary N) is 1. The van der Waals surface area contributed by atoms with Crippen molar-refractivity contribution in [2.24, 2.45) is 5.92 Å². The lowest BCUT2D eigenvalue weighted by molar-refractivity contribution is 0.550. The van der Waals surface area contributed by atoms with Crippen molar-refractivity contribution in [3.63, 3.8) is 0 Å². The highest BCUT2D eigenvalue weighted by atomic mass is 35.5. The van der Waals surface area contributed by atoms with Crippen LogP contribution in [-0.4, -0.2) is 16.3 Å². The number of hydrogen-bond acceptors (Lipinski definition) is 2. The van der Waals surface area contributed by atoms with Crippen LogP contribution in [0.2, 0.25) is 5.02 Å². The van der Waals surface area contributed by atoms with Crippen molar-refractivity contribution >= 4 is 11.6 Å². The number of benzene rings is 1. The fourth-order valence-electron chi connectivity index (χ4n) is 2.15. The summed E-state index contributed by atoms with van der Waals surface area (Å²) in [5, 5.41) is 7.95. The highest BCUT2D eigenvalue weighted by Gasteiger charge is 2.10. The molecular weight excluding hydrogens is 289 g/mol. The second-order valence-electron chi connectivity index (χ2n) is 5.65. The maximum absolute atomic E-state index is 13.5. The van der Waals surface area contributed by atoms with E-state index in [1.807, 2.05) is 23.9 Å². The minimum atomic E-state index is -0.391. The van der Waals surface area contributed by atoms with E-state index < -0.39 is 5.82 Å². The van der Waals surface area contributed by atoms with Crippen molar-refractivity contribution < 1.29 is 4.39 Å². The summed E-state index contributed by atoms with van der Waals surface area (Å²) >= 11 is 5.99. The van der Waals surface area contributed by atoms with E-state index in [4.69, 9.17) is 11.6 Å². The number of rotatable bonds is 6. The molecule has 0 unspecified atom stereocenters. The highest BCUT2D eigenvalue weighted by Crippen LogP contribution is 2.21. The average Bonchev–Trinajstić information content (AvgIpc) is 2.76. The van der Waals surface area contributed by atoms with E-state index in [1.54, 1.807) is 6.07 Å². The first-order chi connectivity index (χ1) is 9.99. The molecule has 1 heterocycles. The van der Waals surface area contributed by atoms with Gasteiger partial charge in [0.2, 0.25) is 0 Å². The van der Waals surface area contributed by atoms with E-state index in [9.17, 15) is 4.39 Å². The monoisotopic (exact) mass is 309 g/mol. The predicted octanol–water partition coefficient (Wildman–Crippen LogP) is 3.78. The largest absolute Gasteiger partial charge is 0.312 e. The molecule has 1 aromatic carbocycles. The standard InChI is InChI=1S/C16H21ClFN3/c1-11(2)7-19-8-14-9-20-21(12(14)3)10-13-5-4-6-15(18)16(13)17/h4-6,9,11,19H,7-8,10H2,1-3H3. The molecule has 0 amide bonds. The molecule has 0 atom stereocenters. The molecule has 2 rings (SSSR count). The van der Waals surface area contributed by atoms with Crippen molar-refractivity contribution in [3.05, 3.63) is 52.1 Å². The third kappa shape index (κ3) is 4.05. The number of halogens is 2. The van der Waals surface area contributed by atoms with E-state index in [0.29, 0.717) is 12.5 Å². The van der Waals surface area contributed by atoms with Gasteiger partial charge in [-0.2, -0.15) is 5.10 Å². The van der Waals surface area contributed by atoms with Gasteiger partial charge in [0, 0.05) is 17.8 Å². The third-order valence-electron chi connectivity index (χ3n) is 3.42. The number of aromatic nitrogens is 2. The van der Waals surface area contributed by atoms with E-state index in [-0.39, 0.29) is 5.02 Å². The summed E-state index contributed by atoms with van der Waals surface area (Å²) in [5.74, 6) is 0.226. The first kappa shape index (κ1) is 16.0. The Morgan fingerprint density at radius 1 is 1.33 bits per heavy atom. The van der Waals surface area contributed by atoms with Gasteiger partial charge in [-0.3, -0.25) is 4.68 Å². The molecule has 0 saturated heterocycles. The van der Waals surface area contributed by atoms with Gasteiger partial charge in [0.15, 0.2) is 0 Å². The first-order valence-corrected chi connectivity index (χ1v) is 7.51. The summed E-state index contributed by atoms with van der Waals surface area (Å²) in [7, 11) is 0. The molecule has 114 valence electrons. The molecule has 0 aliphatic rings. The highest BCUT2D eigenvalue weighted by molar-refractivity contribution is 6.31. The number of nitrogens with zero attached hydrogens (tertiary/aromatic N) is 2. The minimum Gasteiger partial charge on any atom is -0.312 e. The van der Waals surface area contributed by atoms with E-state index >= 15 is 0 Å². The van der Waals surface area contributed by atoms with Crippen molar-refractivity contribution in [1.29, 1.82) is 0 Å². The maximum Gasteiger partial charge on any atom is 0.142 e. The van der Waals surface area contributed by atoms with E-state index in [1.165, 1.54) is 6.07 Å². The third-order valence-corrected chi connectivity index (χ3v) is 3.85. The quantitative estimate of drug-likeness (QED) is 0.880. The molecule has 0 aliphatic carbocycles. The minimum absolute atomic E-state index is 0.173. The van der Waals surface area contributed by atoms with Crippen LogP contribution in [0.15, 0.2) is 24.4 Å². The fraction of sp³-hybridized carbons (Fsp3) is 0.438. The lowest BCUT2D eigenvalue weighted by atomic mass is 10.2. The zero-order valence-electron chi connectivity index (χ0n) is 12.7. The van der Waals surface area contributed by atoms with Crippen molar-refractivity contribution in [2.45, 2.75) is 33.9 Å². The Kier molecular flexibility index (Phi) is 5.37. The molecule has 2 aromatic rings. The summed E-state index contributed by atoms with van der Waals surface area (Å²) in [6.45, 7) is 8.62. The zero-order chi connectivity index (χ0) is 15.4. The Morgan fingerprint density at radius 2 is 2.10 bits per heavy atom. The molecule has 3 nitrogen and oxygen atoms in total. The second-order valence-corrected chi connectivity index (χ2v) is 6.03. The fourth-order valence-corrected chi connectivity index (χ4v) is 2.33. The Balaban J connectivity index is 2.08. The van der Waals surface area contributed by atoms with Crippen LogP contribution in [0.5, 0.6) is 0 Å². The van der Waals surface area contributed by atoms with Crippen LogP contribution < -0.4 is 5.32 Å². The molecule has 0 spiro atoms. The van der Waals surface area contributed by atoms with Gasteiger partial charge in [-0.25, -0.2) is 4.39 Å². The Bertz CT molecular complexity index is 608. The molecule has 1 aromatic heterocycles. The smallest absolute Gasteiger partial charge is 0.142 e. The van der Waals surface area contributed by atoms with Crippen molar-refractivity contribution in [2.75, 3.05) is 6.54 Å². The molecule has 5 heteroatoms. The van der Waals surface area contributed by atoms with Gasteiger partial charge in [-0.1, -0.05) is 37.6 Å². The maximum atomic E-state index is 13.5. The molecular formula is C16H21ClFN3. The molecule has 0 bridgehead atoms. The second kappa shape index (κ2) is 7.05. The molecule has 0 radical (unpaired) electrons. The summed E-state index contributed by atoms with van der Waals surface area (Å²) < 4.78 is 15.3. The molecule has 0 saturated carbocycles. The number of hydrogen-bond donors (Lipinski definition) is 1. The van der Waals surface area contributed by atoms with Gasteiger partial charge < -0.3 is 5.32 Å². The van der Waals surface area contributed by atoms with Crippen LogP contribution in [0.25, 0.3) is 0 Å². The lowest BCUT2D eigenvalue weighted by Crippen LogP contribution is -2.19. The SMILES string of the molecule is Cc1c(CNCC(C)C)cnn1Cc1cccc(F)c1Cl. The van der Waals surface area contributed by atoms with Gasteiger partial charge in [0.1, 0.15) is 5.82 Å². The summed E-state index contributed by atoms with van der Waals surface area (Å²) in [6, 6.07) is 4.85. The van der Waals surface area contributed by atoms with Crippen LogP contribution in [0, 0.1) is 18.7 Å². The van der Waals surface area contributed by atoms with Gasteiger partial charge in [0.25, 0.3) is 0 Å². The molecule has 1 N–H and O–H groups in total. The normalized spacial score (nSPS) is 11.3. The topological polar surface area (TPSA) is 29.9 Å². The van der Waals surface area contributed by atoms with E-state index in [2.05, 4.69) is 24.3 Å². The van der Waals surface area contributed by atoms with Crippen LogP contribution in [0.3, 0.4) is 0 Å². The summed E-state index contributed by atoms with van der Waals surface area (Å²) in [6.07, 6.45) is 1.86. The van der Waals surface area contributed by atoms with Gasteiger partial charge >= 0.3 is 0 Å². The van der Waals surface area contributed by atoms with Gasteiger partial charge in [0.05, 0.1) is 17.8 Å². The zero-order valence-corrected chi connectivity index (χ0v) is 13.4. The predicted molar refractivity (Wildman–Crippen MR) is 84.0 cm³/mol. The Morgan fingerprint density at radius 3 is 2.81 bits per heavy atom. The van der Waals surface area contributed by atoms with Crippen LogP contribution in [-0.2, 0) is 13.1 Å². The van der Waals surface area contributed by atoms with Crippen molar-refractivity contribution in [3.8, 4) is 0 Å².